The van der Waals surface area contributed by atoms with Crippen LogP contribution in [0.15, 0.2) is 35.3 Å². The molecule has 140 valence electrons. The third-order valence-corrected chi connectivity index (χ3v) is 5.15. The van der Waals surface area contributed by atoms with Crippen LogP contribution < -0.4 is 16.3 Å². The topological polar surface area (TPSA) is 100 Å². The Kier molecular flexibility index (Phi) is 4.31. The molecule has 0 saturated carbocycles. The average molecular weight is 383 g/mol. The molecular weight excluding hydrogens is 362 g/mol. The molecule has 0 amide bonds. The lowest BCUT2D eigenvalue weighted by molar-refractivity contribution is 0.565. The van der Waals surface area contributed by atoms with Crippen molar-refractivity contribution in [3.63, 3.8) is 0 Å². The van der Waals surface area contributed by atoms with Gasteiger partial charge < -0.3 is 10.6 Å². The van der Waals surface area contributed by atoms with Gasteiger partial charge >= 0.3 is 5.69 Å². The summed E-state index contributed by atoms with van der Waals surface area (Å²) < 4.78 is 2.65. The van der Waals surface area contributed by atoms with Gasteiger partial charge in [0.25, 0.3) is 0 Å². The summed E-state index contributed by atoms with van der Waals surface area (Å²) in [5.74, 6) is 0.590. The number of aromatic amines is 1. The monoisotopic (exact) mass is 383 g/mol. The molecule has 1 aromatic carbocycles. The van der Waals surface area contributed by atoms with Gasteiger partial charge in [0.1, 0.15) is 0 Å². The quantitative estimate of drug-likeness (QED) is 0.458. The molecule has 0 spiro atoms. The fourth-order valence-corrected chi connectivity index (χ4v) is 3.58. The zero-order valence-corrected chi connectivity index (χ0v) is 16.2. The number of benzene rings is 1. The van der Waals surface area contributed by atoms with Crippen LogP contribution in [0.5, 0.6) is 0 Å². The fraction of sp³-hybridized carbons (Fsp3) is 0.333. The summed E-state index contributed by atoms with van der Waals surface area (Å²) in [6, 6.07) is 8.06. The molecule has 3 N–H and O–H groups in total. The number of nitrogens with one attached hydrogen (secondary N) is 3. The number of nitrogens with zero attached hydrogens (tertiary/aromatic N) is 4. The summed E-state index contributed by atoms with van der Waals surface area (Å²) in [7, 11) is 0. The summed E-state index contributed by atoms with van der Waals surface area (Å²) in [5, 5.41) is 14.0. The molecule has 0 unspecified atom stereocenters. The number of hydrogen-bond donors (Lipinski definition) is 3. The zero-order chi connectivity index (χ0) is 19.0. The second-order valence-corrected chi connectivity index (χ2v) is 8.32. The molecule has 0 aliphatic rings. The standard InChI is InChI=1S/C18H21N7OS/c1-18(2,3)13-10-25-15(23-24-17(25)26)14(22-13)19-8-9-20-16-21-11-6-4-5-7-12(11)27-16/h4-7,10H,8-9H2,1-3H3,(H,19,22)(H,20,21)(H,24,26). The highest BCUT2D eigenvalue weighted by molar-refractivity contribution is 7.22. The van der Waals surface area contributed by atoms with Gasteiger partial charge in [-0.3, -0.25) is 0 Å². The maximum Gasteiger partial charge on any atom is 0.347 e. The Morgan fingerprint density at radius 2 is 1.93 bits per heavy atom. The predicted octanol–water partition coefficient (Wildman–Crippen LogP) is 2.85. The van der Waals surface area contributed by atoms with Crippen molar-refractivity contribution in [2.24, 2.45) is 0 Å². The number of aromatic nitrogens is 5. The molecule has 0 aliphatic carbocycles. The summed E-state index contributed by atoms with van der Waals surface area (Å²) in [6.07, 6.45) is 1.74. The number of fused-ring (bicyclic) bond motifs is 2. The first-order chi connectivity index (χ1) is 12.9. The molecule has 27 heavy (non-hydrogen) atoms. The van der Waals surface area contributed by atoms with E-state index in [-0.39, 0.29) is 11.1 Å². The second-order valence-electron chi connectivity index (χ2n) is 7.29. The summed E-state index contributed by atoms with van der Waals surface area (Å²) in [5.41, 5.74) is 1.86. The number of H-pyrrole nitrogens is 1. The van der Waals surface area contributed by atoms with Crippen molar-refractivity contribution in [3.05, 3.63) is 46.6 Å². The van der Waals surface area contributed by atoms with Crippen LogP contribution in [0, 0.1) is 0 Å². The maximum atomic E-state index is 12.0. The Morgan fingerprint density at radius 1 is 1.15 bits per heavy atom. The van der Waals surface area contributed by atoms with Crippen molar-refractivity contribution in [2.45, 2.75) is 26.2 Å². The average Bonchev–Trinajstić information content (AvgIpc) is 3.21. The van der Waals surface area contributed by atoms with Gasteiger partial charge in [-0.1, -0.05) is 44.2 Å². The Balaban J connectivity index is 1.49. The first-order valence-electron chi connectivity index (χ1n) is 8.73. The molecule has 8 nitrogen and oxygen atoms in total. The molecular formula is C18H21N7OS. The summed E-state index contributed by atoms with van der Waals surface area (Å²) in [6.45, 7) is 7.47. The van der Waals surface area contributed by atoms with Crippen molar-refractivity contribution >= 4 is 38.2 Å². The van der Waals surface area contributed by atoms with Crippen molar-refractivity contribution < 1.29 is 0 Å². The number of anilines is 2. The second kappa shape index (κ2) is 6.66. The Bertz CT molecular complexity index is 1120. The van der Waals surface area contributed by atoms with E-state index in [9.17, 15) is 4.79 Å². The molecule has 0 saturated heterocycles. The van der Waals surface area contributed by atoms with Crippen molar-refractivity contribution in [1.82, 2.24) is 24.6 Å². The van der Waals surface area contributed by atoms with E-state index in [1.807, 2.05) is 18.2 Å². The number of rotatable bonds is 5. The van der Waals surface area contributed by atoms with Crippen LogP contribution in [0.3, 0.4) is 0 Å². The molecule has 3 aromatic heterocycles. The molecule has 9 heteroatoms. The molecule has 4 rings (SSSR count). The van der Waals surface area contributed by atoms with E-state index >= 15 is 0 Å². The normalized spacial score (nSPS) is 12.0. The van der Waals surface area contributed by atoms with Crippen LogP contribution >= 0.6 is 11.3 Å². The number of para-hydroxylation sites is 1. The van der Waals surface area contributed by atoms with E-state index in [1.54, 1.807) is 17.5 Å². The minimum Gasteiger partial charge on any atom is -0.365 e. The van der Waals surface area contributed by atoms with Crippen LogP contribution in [0.2, 0.25) is 0 Å². The van der Waals surface area contributed by atoms with Gasteiger partial charge in [-0.2, -0.15) is 0 Å². The molecule has 4 aromatic rings. The van der Waals surface area contributed by atoms with Gasteiger partial charge in [0.05, 0.1) is 15.9 Å². The molecule has 0 radical (unpaired) electrons. The first kappa shape index (κ1) is 17.5. The number of thiazole rings is 1. The lowest BCUT2D eigenvalue weighted by Gasteiger charge is -2.19. The van der Waals surface area contributed by atoms with E-state index in [4.69, 9.17) is 0 Å². The highest BCUT2D eigenvalue weighted by Crippen LogP contribution is 2.25. The van der Waals surface area contributed by atoms with Crippen molar-refractivity contribution in [3.8, 4) is 0 Å². The maximum absolute atomic E-state index is 12.0. The SMILES string of the molecule is CC(C)(C)c1cn2c(=O)[nH]nc2c(NCCNc2nc3ccccc3s2)n1. The van der Waals surface area contributed by atoms with Gasteiger partial charge in [0.2, 0.25) is 5.65 Å². The lowest BCUT2D eigenvalue weighted by Crippen LogP contribution is -2.21. The third-order valence-electron chi connectivity index (χ3n) is 4.16. The summed E-state index contributed by atoms with van der Waals surface area (Å²) >= 11 is 1.63. The van der Waals surface area contributed by atoms with E-state index < -0.39 is 0 Å². The van der Waals surface area contributed by atoms with Crippen LogP contribution in [0.25, 0.3) is 15.9 Å². The molecule has 0 aliphatic heterocycles. The molecule has 3 heterocycles. The van der Waals surface area contributed by atoms with Crippen LogP contribution in [-0.2, 0) is 5.41 Å². The highest BCUT2D eigenvalue weighted by atomic mass is 32.1. The Morgan fingerprint density at radius 3 is 2.70 bits per heavy atom. The smallest absolute Gasteiger partial charge is 0.347 e. The van der Waals surface area contributed by atoms with E-state index in [0.29, 0.717) is 24.6 Å². The van der Waals surface area contributed by atoms with Crippen LogP contribution in [-0.4, -0.2) is 37.7 Å². The number of hydrogen-bond acceptors (Lipinski definition) is 7. The molecule has 0 fully saturated rings. The van der Waals surface area contributed by atoms with E-state index in [1.165, 1.54) is 4.40 Å². The Hall–Kier alpha value is -2.94. The van der Waals surface area contributed by atoms with Crippen molar-refractivity contribution in [2.75, 3.05) is 23.7 Å². The van der Waals surface area contributed by atoms with Gasteiger partial charge in [-0.15, -0.1) is 5.10 Å². The van der Waals surface area contributed by atoms with Gasteiger partial charge in [0.15, 0.2) is 10.9 Å². The fourth-order valence-electron chi connectivity index (χ4n) is 2.69. The molecule has 0 bridgehead atoms. The minimum absolute atomic E-state index is 0.180. The zero-order valence-electron chi connectivity index (χ0n) is 15.4. The lowest BCUT2D eigenvalue weighted by atomic mass is 9.93. The van der Waals surface area contributed by atoms with E-state index in [2.05, 4.69) is 57.6 Å². The largest absolute Gasteiger partial charge is 0.365 e. The van der Waals surface area contributed by atoms with Crippen molar-refractivity contribution in [1.29, 1.82) is 0 Å². The van der Waals surface area contributed by atoms with E-state index in [0.717, 1.165) is 21.0 Å². The van der Waals surface area contributed by atoms with Gasteiger partial charge in [-0.25, -0.2) is 24.3 Å². The predicted molar refractivity (Wildman–Crippen MR) is 109 cm³/mol. The highest BCUT2D eigenvalue weighted by Gasteiger charge is 2.19. The van der Waals surface area contributed by atoms with Crippen LogP contribution in [0.1, 0.15) is 26.5 Å². The molecule has 0 atom stereocenters. The first-order valence-corrected chi connectivity index (χ1v) is 9.55. The third kappa shape index (κ3) is 3.50. The Labute approximate surface area is 159 Å². The van der Waals surface area contributed by atoms with Crippen LogP contribution in [0.4, 0.5) is 10.9 Å². The minimum atomic E-state index is -0.270. The summed E-state index contributed by atoms with van der Waals surface area (Å²) in [4.78, 5) is 21.2. The van der Waals surface area contributed by atoms with Gasteiger partial charge in [-0.05, 0) is 12.1 Å². The van der Waals surface area contributed by atoms with Gasteiger partial charge in [0, 0.05) is 24.7 Å².